The summed E-state index contributed by atoms with van der Waals surface area (Å²) in [6.07, 6.45) is 0.758. The lowest BCUT2D eigenvalue weighted by Crippen LogP contribution is -2.32. The van der Waals surface area contributed by atoms with Crippen LogP contribution in [0.5, 0.6) is 0 Å². The van der Waals surface area contributed by atoms with Gasteiger partial charge in [0.05, 0.1) is 17.7 Å². The van der Waals surface area contributed by atoms with E-state index in [0.29, 0.717) is 11.5 Å². The summed E-state index contributed by atoms with van der Waals surface area (Å²) in [5.74, 6) is -2.51. The third-order valence-corrected chi connectivity index (χ3v) is 4.21. The van der Waals surface area contributed by atoms with Gasteiger partial charge in [0.2, 0.25) is 0 Å². The van der Waals surface area contributed by atoms with Crippen molar-refractivity contribution in [3.63, 3.8) is 0 Å². The molecule has 2 amide bonds. The van der Waals surface area contributed by atoms with Crippen LogP contribution in [0.25, 0.3) is 0 Å². The molecule has 0 saturated heterocycles. The quantitative estimate of drug-likeness (QED) is 0.516. The molecule has 0 spiro atoms. The molecule has 7 heteroatoms. The Kier molecular flexibility index (Phi) is 6.16. The van der Waals surface area contributed by atoms with Gasteiger partial charge < -0.3 is 9.57 Å². The van der Waals surface area contributed by atoms with Gasteiger partial charge >= 0.3 is 11.9 Å². The van der Waals surface area contributed by atoms with Crippen LogP contribution in [0.2, 0.25) is 0 Å². The van der Waals surface area contributed by atoms with E-state index >= 15 is 0 Å². The second kappa shape index (κ2) is 8.94. The molecule has 0 atom stereocenters. The molecule has 0 bridgehead atoms. The highest BCUT2D eigenvalue weighted by molar-refractivity contribution is 6.20. The number of hydrogen-bond donors (Lipinski definition) is 0. The van der Waals surface area contributed by atoms with Crippen LogP contribution >= 0.6 is 0 Å². The zero-order valence-electron chi connectivity index (χ0n) is 15.1. The Bertz CT molecular complexity index is 858. The first-order valence-electron chi connectivity index (χ1n) is 8.94. The van der Waals surface area contributed by atoms with Crippen LogP contribution in [-0.4, -0.2) is 35.4 Å². The lowest BCUT2D eigenvalue weighted by atomic mass is 10.1. The van der Waals surface area contributed by atoms with Gasteiger partial charge in [-0.05, 0) is 24.1 Å². The van der Waals surface area contributed by atoms with E-state index < -0.39 is 23.8 Å². The van der Waals surface area contributed by atoms with Crippen LogP contribution in [0.4, 0.5) is 0 Å². The van der Waals surface area contributed by atoms with E-state index in [4.69, 9.17) is 9.57 Å². The van der Waals surface area contributed by atoms with Gasteiger partial charge in [-0.25, -0.2) is 4.79 Å². The van der Waals surface area contributed by atoms with Crippen molar-refractivity contribution in [3.05, 3.63) is 71.3 Å². The van der Waals surface area contributed by atoms with Gasteiger partial charge in [0.1, 0.15) is 0 Å². The van der Waals surface area contributed by atoms with Crippen molar-refractivity contribution < 1.29 is 28.8 Å². The van der Waals surface area contributed by atoms with Crippen LogP contribution < -0.4 is 0 Å². The fraction of sp³-hybridized carbons (Fsp3) is 0.238. The maximum absolute atomic E-state index is 12.1. The fourth-order valence-electron chi connectivity index (χ4n) is 2.77. The molecule has 0 aromatic heterocycles. The van der Waals surface area contributed by atoms with Crippen LogP contribution in [0, 0.1) is 0 Å². The van der Waals surface area contributed by atoms with Crippen molar-refractivity contribution in [1.82, 2.24) is 5.06 Å². The number of carbonyl (C=O) groups excluding carboxylic acids is 4. The van der Waals surface area contributed by atoms with E-state index in [-0.39, 0.29) is 37.0 Å². The minimum atomic E-state index is -0.758. The summed E-state index contributed by atoms with van der Waals surface area (Å²) in [7, 11) is 0. The zero-order chi connectivity index (χ0) is 19.9. The predicted molar refractivity (Wildman–Crippen MR) is 98.0 cm³/mol. The molecule has 0 radical (unpaired) electrons. The number of hydrogen-bond acceptors (Lipinski definition) is 6. The standard InChI is InChI=1S/C21H19NO6/c23-18(27-14-13-15-7-2-1-3-8-15)11-6-12-19(24)28-22-20(25)16-9-4-5-10-17(16)21(22)26/h1-5,7-10H,6,11-14H2. The second-order valence-electron chi connectivity index (χ2n) is 6.22. The molecule has 0 saturated carbocycles. The minimum Gasteiger partial charge on any atom is -0.465 e. The Hall–Kier alpha value is -3.48. The summed E-state index contributed by atoms with van der Waals surface area (Å²) in [5, 5.41) is 0.463. The van der Waals surface area contributed by atoms with E-state index in [2.05, 4.69) is 0 Å². The number of fused-ring (bicyclic) bond motifs is 1. The van der Waals surface area contributed by atoms with Crippen molar-refractivity contribution in [2.24, 2.45) is 0 Å². The van der Waals surface area contributed by atoms with Crippen molar-refractivity contribution >= 4 is 23.8 Å². The molecule has 2 aromatic rings. The lowest BCUT2D eigenvalue weighted by molar-refractivity contribution is -0.168. The summed E-state index contributed by atoms with van der Waals surface area (Å²) in [5.41, 5.74) is 1.46. The summed E-state index contributed by atoms with van der Waals surface area (Å²) in [4.78, 5) is 52.7. The molecule has 0 aliphatic carbocycles. The predicted octanol–water partition coefficient (Wildman–Crippen LogP) is 2.70. The molecular formula is C21H19NO6. The number of rotatable bonds is 8. The van der Waals surface area contributed by atoms with Crippen LogP contribution in [0.1, 0.15) is 45.5 Å². The van der Waals surface area contributed by atoms with Crippen LogP contribution in [-0.2, 0) is 25.6 Å². The van der Waals surface area contributed by atoms with Crippen molar-refractivity contribution in [1.29, 1.82) is 0 Å². The monoisotopic (exact) mass is 381 g/mol. The van der Waals surface area contributed by atoms with E-state index in [9.17, 15) is 19.2 Å². The Morgan fingerprint density at radius 2 is 1.36 bits per heavy atom. The van der Waals surface area contributed by atoms with E-state index in [1.165, 1.54) is 12.1 Å². The molecule has 144 valence electrons. The van der Waals surface area contributed by atoms with Gasteiger partial charge in [-0.2, -0.15) is 0 Å². The van der Waals surface area contributed by atoms with Gasteiger partial charge in [-0.15, -0.1) is 0 Å². The van der Waals surface area contributed by atoms with Crippen molar-refractivity contribution in [2.75, 3.05) is 6.61 Å². The third kappa shape index (κ3) is 4.62. The number of ether oxygens (including phenoxy) is 1. The van der Waals surface area contributed by atoms with Crippen LogP contribution in [0.15, 0.2) is 54.6 Å². The maximum Gasteiger partial charge on any atom is 0.333 e. The van der Waals surface area contributed by atoms with E-state index in [1.54, 1.807) is 12.1 Å². The smallest absolute Gasteiger partial charge is 0.333 e. The first kappa shape index (κ1) is 19.3. The molecular weight excluding hydrogens is 362 g/mol. The first-order valence-corrected chi connectivity index (χ1v) is 8.94. The Balaban J connectivity index is 1.36. The Morgan fingerprint density at radius 3 is 2.00 bits per heavy atom. The average Bonchev–Trinajstić information content (AvgIpc) is 2.94. The van der Waals surface area contributed by atoms with Gasteiger partial charge in [0.25, 0.3) is 11.8 Å². The molecule has 0 fully saturated rings. The average molecular weight is 381 g/mol. The number of hydroxylamine groups is 2. The van der Waals surface area contributed by atoms with Gasteiger partial charge in [0.15, 0.2) is 0 Å². The third-order valence-electron chi connectivity index (χ3n) is 4.21. The highest BCUT2D eigenvalue weighted by Crippen LogP contribution is 2.23. The number of benzene rings is 2. The summed E-state index contributed by atoms with van der Waals surface area (Å²) in [6.45, 7) is 0.266. The van der Waals surface area contributed by atoms with Gasteiger partial charge in [0, 0.05) is 19.3 Å². The van der Waals surface area contributed by atoms with E-state index in [0.717, 1.165) is 5.56 Å². The summed E-state index contributed by atoms with van der Waals surface area (Å²) >= 11 is 0. The zero-order valence-corrected chi connectivity index (χ0v) is 15.1. The van der Waals surface area contributed by atoms with Crippen molar-refractivity contribution in [2.45, 2.75) is 25.7 Å². The largest absolute Gasteiger partial charge is 0.465 e. The highest BCUT2D eigenvalue weighted by Gasteiger charge is 2.38. The number of imide groups is 1. The maximum atomic E-state index is 12.1. The molecule has 1 aliphatic rings. The number of esters is 1. The Morgan fingerprint density at radius 1 is 0.786 bits per heavy atom. The number of carbonyl (C=O) groups is 4. The second-order valence-corrected chi connectivity index (χ2v) is 6.22. The van der Waals surface area contributed by atoms with E-state index in [1.807, 2.05) is 30.3 Å². The van der Waals surface area contributed by atoms with Crippen LogP contribution in [0.3, 0.4) is 0 Å². The minimum absolute atomic E-state index is 0.0476. The van der Waals surface area contributed by atoms with Gasteiger partial charge in [-0.1, -0.05) is 47.5 Å². The number of amides is 2. The molecule has 1 heterocycles. The lowest BCUT2D eigenvalue weighted by Gasteiger charge is -2.12. The summed E-state index contributed by atoms with van der Waals surface area (Å²) in [6, 6.07) is 15.9. The number of nitrogens with zero attached hydrogens (tertiary/aromatic N) is 1. The van der Waals surface area contributed by atoms with Crippen molar-refractivity contribution in [3.8, 4) is 0 Å². The SMILES string of the molecule is O=C(CCCC(=O)ON1C(=O)c2ccccc2C1=O)OCCc1ccccc1. The van der Waals surface area contributed by atoms with Gasteiger partial charge in [-0.3, -0.25) is 14.4 Å². The first-order chi connectivity index (χ1) is 13.6. The molecule has 7 nitrogen and oxygen atoms in total. The molecule has 0 N–H and O–H groups in total. The topological polar surface area (TPSA) is 90.0 Å². The Labute approximate surface area is 161 Å². The molecule has 0 unspecified atom stereocenters. The normalized spacial score (nSPS) is 12.6. The highest BCUT2D eigenvalue weighted by atomic mass is 16.7. The summed E-state index contributed by atoms with van der Waals surface area (Å²) < 4.78 is 5.13. The fourth-order valence-corrected chi connectivity index (χ4v) is 2.77. The molecule has 2 aromatic carbocycles. The molecule has 28 heavy (non-hydrogen) atoms. The molecule has 3 rings (SSSR count). The molecule has 1 aliphatic heterocycles.